The van der Waals surface area contributed by atoms with Gasteiger partial charge >= 0.3 is 5.97 Å². The van der Waals surface area contributed by atoms with E-state index in [9.17, 15) is 10.1 Å². The van der Waals surface area contributed by atoms with Crippen molar-refractivity contribution in [3.8, 4) is 17.0 Å². The van der Waals surface area contributed by atoms with E-state index >= 15 is 0 Å². The number of aromatic amines is 1. The Kier molecular flexibility index (Phi) is 5.98. The van der Waals surface area contributed by atoms with Gasteiger partial charge in [0.25, 0.3) is 0 Å². The third kappa shape index (κ3) is 4.10. The zero-order valence-electron chi connectivity index (χ0n) is 18.9. The molecule has 0 aromatic carbocycles. The van der Waals surface area contributed by atoms with Gasteiger partial charge in [-0.2, -0.15) is 5.26 Å². The molecule has 4 aromatic heterocycles. The molecule has 168 valence electrons. The van der Waals surface area contributed by atoms with Crippen LogP contribution in [0.1, 0.15) is 45.2 Å². The fourth-order valence-corrected chi connectivity index (χ4v) is 4.60. The maximum atomic E-state index is 12.4. The average Bonchev–Trinajstić information content (AvgIpc) is 3.46. The summed E-state index contributed by atoms with van der Waals surface area (Å²) in [4.78, 5) is 28.7. The van der Waals surface area contributed by atoms with Crippen LogP contribution in [-0.4, -0.2) is 44.2 Å². The SMILES string of the molecule is CCOC(=O)c1nc(C)sc1-n1c(C)cc(C=C(C#N)c2nc3cc(OC)ncc3[nH]2)c1C. The molecule has 0 aliphatic carbocycles. The van der Waals surface area contributed by atoms with Crippen LogP contribution in [0.5, 0.6) is 5.88 Å². The third-order valence-electron chi connectivity index (χ3n) is 5.09. The van der Waals surface area contributed by atoms with Crippen molar-refractivity contribution in [2.45, 2.75) is 27.7 Å². The Morgan fingerprint density at radius 3 is 2.79 bits per heavy atom. The molecule has 9 nitrogen and oxygen atoms in total. The molecular formula is C23H22N6O3S. The van der Waals surface area contributed by atoms with E-state index in [-0.39, 0.29) is 12.3 Å². The number of aryl methyl sites for hydroxylation is 2. The molecular weight excluding hydrogens is 440 g/mol. The molecule has 0 saturated carbocycles. The summed E-state index contributed by atoms with van der Waals surface area (Å²) in [6.45, 7) is 7.77. The van der Waals surface area contributed by atoms with Crippen molar-refractivity contribution < 1.29 is 14.3 Å². The number of fused-ring (bicyclic) bond motifs is 1. The molecule has 0 radical (unpaired) electrons. The quantitative estimate of drug-likeness (QED) is 0.334. The lowest BCUT2D eigenvalue weighted by atomic mass is 10.1. The Balaban J connectivity index is 1.78. The number of nitriles is 1. The van der Waals surface area contributed by atoms with Crippen LogP contribution in [0, 0.1) is 32.1 Å². The molecule has 0 bridgehead atoms. The minimum atomic E-state index is -0.453. The van der Waals surface area contributed by atoms with E-state index in [4.69, 9.17) is 9.47 Å². The van der Waals surface area contributed by atoms with Crippen LogP contribution in [0.2, 0.25) is 0 Å². The van der Waals surface area contributed by atoms with Crippen LogP contribution in [0.15, 0.2) is 18.3 Å². The van der Waals surface area contributed by atoms with E-state index < -0.39 is 5.97 Å². The number of ether oxygens (including phenoxy) is 2. The third-order valence-corrected chi connectivity index (χ3v) is 6.04. The topological polar surface area (TPSA) is 119 Å². The van der Waals surface area contributed by atoms with Gasteiger partial charge in [-0.1, -0.05) is 0 Å². The summed E-state index contributed by atoms with van der Waals surface area (Å²) in [7, 11) is 1.54. The number of hydrogen-bond acceptors (Lipinski definition) is 8. The number of aromatic nitrogens is 5. The second kappa shape index (κ2) is 8.88. The minimum absolute atomic E-state index is 0.275. The molecule has 0 aliphatic rings. The number of methoxy groups -OCH3 is 1. The first-order chi connectivity index (χ1) is 15.9. The van der Waals surface area contributed by atoms with E-state index in [0.717, 1.165) is 22.0 Å². The summed E-state index contributed by atoms with van der Waals surface area (Å²) < 4.78 is 12.3. The Labute approximate surface area is 194 Å². The number of H-pyrrole nitrogens is 1. The summed E-state index contributed by atoms with van der Waals surface area (Å²) in [5.41, 5.74) is 4.63. The van der Waals surface area contributed by atoms with Crippen molar-refractivity contribution >= 4 is 40.0 Å². The van der Waals surface area contributed by atoms with E-state index in [2.05, 4.69) is 26.0 Å². The number of carbonyl (C=O) groups excluding carboxylic acids is 1. The summed E-state index contributed by atoms with van der Waals surface area (Å²) in [6.07, 6.45) is 3.40. The number of nitrogens with one attached hydrogen (secondary N) is 1. The van der Waals surface area contributed by atoms with Gasteiger partial charge in [0.1, 0.15) is 16.9 Å². The molecule has 10 heteroatoms. The van der Waals surface area contributed by atoms with Gasteiger partial charge in [-0.15, -0.1) is 11.3 Å². The van der Waals surface area contributed by atoms with E-state index in [0.29, 0.717) is 33.3 Å². The van der Waals surface area contributed by atoms with Crippen LogP contribution in [0.4, 0.5) is 0 Å². The fraction of sp³-hybridized carbons (Fsp3) is 0.261. The molecule has 0 unspecified atom stereocenters. The molecule has 0 fully saturated rings. The first kappa shape index (κ1) is 22.2. The Morgan fingerprint density at radius 2 is 2.09 bits per heavy atom. The predicted molar refractivity (Wildman–Crippen MR) is 126 cm³/mol. The first-order valence-corrected chi connectivity index (χ1v) is 11.0. The van der Waals surface area contributed by atoms with Crippen molar-refractivity contribution in [3.05, 3.63) is 51.8 Å². The number of hydrogen-bond donors (Lipinski definition) is 1. The number of nitrogens with zero attached hydrogens (tertiary/aromatic N) is 5. The highest BCUT2D eigenvalue weighted by Gasteiger charge is 2.23. The van der Waals surface area contributed by atoms with Crippen molar-refractivity contribution in [3.63, 3.8) is 0 Å². The summed E-state index contributed by atoms with van der Waals surface area (Å²) in [5.74, 6) is 0.433. The van der Waals surface area contributed by atoms with Crippen LogP contribution >= 0.6 is 11.3 Å². The van der Waals surface area contributed by atoms with Gasteiger partial charge in [0.2, 0.25) is 5.88 Å². The molecule has 0 spiro atoms. The van der Waals surface area contributed by atoms with E-state index in [1.807, 2.05) is 31.4 Å². The van der Waals surface area contributed by atoms with Gasteiger partial charge in [0.05, 0.1) is 41.5 Å². The largest absolute Gasteiger partial charge is 0.481 e. The highest BCUT2D eigenvalue weighted by Crippen LogP contribution is 2.31. The minimum Gasteiger partial charge on any atom is -0.481 e. The molecule has 0 aliphatic heterocycles. The number of allylic oxidation sites excluding steroid dienone is 1. The number of pyridine rings is 1. The van der Waals surface area contributed by atoms with E-state index in [1.165, 1.54) is 18.4 Å². The molecule has 0 atom stereocenters. The molecule has 4 rings (SSSR count). The van der Waals surface area contributed by atoms with E-state index in [1.54, 1.807) is 25.3 Å². The standard InChI is InChI=1S/C23H22N6O3S/c1-6-32-23(30)20-22(33-14(4)26-20)29-12(2)7-15(13(29)3)8-16(10-24)21-27-17-9-19(31-5)25-11-18(17)28-21/h7-9,11H,6H2,1-5H3,(H,27,28). The van der Waals surface area contributed by atoms with Crippen molar-refractivity contribution in [2.24, 2.45) is 0 Å². The fourth-order valence-electron chi connectivity index (χ4n) is 3.59. The Hall–Kier alpha value is -3.97. The second-order valence-electron chi connectivity index (χ2n) is 7.27. The first-order valence-electron chi connectivity index (χ1n) is 10.2. The second-order valence-corrected chi connectivity index (χ2v) is 8.45. The molecule has 4 heterocycles. The molecule has 0 amide bonds. The monoisotopic (exact) mass is 462 g/mol. The van der Waals surface area contributed by atoms with Crippen LogP contribution in [0.3, 0.4) is 0 Å². The number of carbonyl (C=O) groups is 1. The highest BCUT2D eigenvalue weighted by molar-refractivity contribution is 7.14. The van der Waals surface area contributed by atoms with Crippen LogP contribution < -0.4 is 4.74 Å². The number of rotatable bonds is 6. The van der Waals surface area contributed by atoms with Gasteiger partial charge in [-0.05, 0) is 45.4 Å². The summed E-state index contributed by atoms with van der Waals surface area (Å²) in [5, 5.41) is 11.3. The van der Waals surface area contributed by atoms with Gasteiger partial charge < -0.3 is 19.0 Å². The summed E-state index contributed by atoms with van der Waals surface area (Å²) >= 11 is 1.42. The number of esters is 1. The van der Waals surface area contributed by atoms with Gasteiger partial charge in [0, 0.05) is 17.5 Å². The van der Waals surface area contributed by atoms with Crippen molar-refractivity contribution in [1.82, 2.24) is 24.5 Å². The lowest BCUT2D eigenvalue weighted by Crippen LogP contribution is -2.10. The zero-order chi connectivity index (χ0) is 23.7. The highest BCUT2D eigenvalue weighted by atomic mass is 32.1. The maximum Gasteiger partial charge on any atom is 0.360 e. The maximum absolute atomic E-state index is 12.4. The number of thiazole rings is 1. The molecule has 1 N–H and O–H groups in total. The van der Waals surface area contributed by atoms with Gasteiger partial charge in [-0.25, -0.2) is 19.7 Å². The van der Waals surface area contributed by atoms with Crippen LogP contribution in [0.25, 0.3) is 27.7 Å². The van der Waals surface area contributed by atoms with Gasteiger partial charge in [-0.3, -0.25) is 0 Å². The Morgan fingerprint density at radius 1 is 1.30 bits per heavy atom. The Bertz CT molecular complexity index is 1440. The number of imidazole rings is 1. The smallest absolute Gasteiger partial charge is 0.360 e. The lowest BCUT2D eigenvalue weighted by Gasteiger charge is -2.09. The van der Waals surface area contributed by atoms with Crippen molar-refractivity contribution in [1.29, 1.82) is 5.26 Å². The molecule has 4 aromatic rings. The normalized spacial score (nSPS) is 11.6. The lowest BCUT2D eigenvalue weighted by molar-refractivity contribution is 0.0520. The average molecular weight is 463 g/mol. The van der Waals surface area contributed by atoms with Crippen LogP contribution in [-0.2, 0) is 4.74 Å². The molecule has 0 saturated heterocycles. The predicted octanol–water partition coefficient (Wildman–Crippen LogP) is 4.38. The van der Waals surface area contributed by atoms with Gasteiger partial charge in [0.15, 0.2) is 5.69 Å². The summed E-state index contributed by atoms with van der Waals surface area (Å²) in [6, 6.07) is 5.89. The zero-order valence-corrected chi connectivity index (χ0v) is 19.7. The van der Waals surface area contributed by atoms with Crippen molar-refractivity contribution in [2.75, 3.05) is 13.7 Å². The molecule has 33 heavy (non-hydrogen) atoms.